The van der Waals surface area contributed by atoms with Crippen molar-refractivity contribution in [3.63, 3.8) is 0 Å². The SMILES string of the molecule is FC1(Cl)C=CC=CC1c1ccccc1. The van der Waals surface area contributed by atoms with Crippen LogP contribution in [0.1, 0.15) is 11.5 Å². The number of benzene rings is 1. The van der Waals surface area contributed by atoms with Crippen molar-refractivity contribution in [2.75, 3.05) is 0 Å². The third-order valence-corrected chi connectivity index (χ3v) is 2.67. The lowest BCUT2D eigenvalue weighted by molar-refractivity contribution is 0.316. The van der Waals surface area contributed by atoms with Gasteiger partial charge in [-0.3, -0.25) is 0 Å². The summed E-state index contributed by atoms with van der Waals surface area (Å²) in [5.41, 5.74) is 0.894. The molecule has 0 radical (unpaired) electrons. The van der Waals surface area contributed by atoms with Gasteiger partial charge in [-0.15, -0.1) is 0 Å². The molecule has 0 fully saturated rings. The van der Waals surface area contributed by atoms with Crippen LogP contribution in [-0.4, -0.2) is 5.13 Å². The molecule has 0 nitrogen and oxygen atoms in total. The first kappa shape index (κ1) is 9.47. The first-order valence-corrected chi connectivity index (χ1v) is 4.87. The second kappa shape index (κ2) is 3.58. The van der Waals surface area contributed by atoms with E-state index in [0.717, 1.165) is 5.56 Å². The molecule has 2 rings (SSSR count). The lowest BCUT2D eigenvalue weighted by Crippen LogP contribution is -2.22. The van der Waals surface area contributed by atoms with Crippen LogP contribution in [0.25, 0.3) is 0 Å². The average molecular weight is 209 g/mol. The summed E-state index contributed by atoms with van der Waals surface area (Å²) in [7, 11) is 0. The number of hydrogen-bond donors (Lipinski definition) is 0. The Bertz CT molecular complexity index is 365. The highest BCUT2D eigenvalue weighted by molar-refractivity contribution is 6.25. The molecule has 1 aliphatic rings. The van der Waals surface area contributed by atoms with Crippen molar-refractivity contribution in [1.82, 2.24) is 0 Å². The van der Waals surface area contributed by atoms with Crippen LogP contribution in [0.15, 0.2) is 54.6 Å². The standard InChI is InChI=1S/C12H10ClF/c13-12(14)9-5-4-8-11(12)10-6-2-1-3-7-10/h1-9,11H. The topological polar surface area (TPSA) is 0 Å². The van der Waals surface area contributed by atoms with E-state index in [1.54, 1.807) is 12.2 Å². The van der Waals surface area contributed by atoms with Gasteiger partial charge in [0.15, 0.2) is 0 Å². The van der Waals surface area contributed by atoms with E-state index in [4.69, 9.17) is 11.6 Å². The van der Waals surface area contributed by atoms with E-state index in [9.17, 15) is 4.39 Å². The maximum Gasteiger partial charge on any atom is 0.212 e. The predicted molar refractivity (Wildman–Crippen MR) is 57.2 cm³/mol. The molecular weight excluding hydrogens is 199 g/mol. The van der Waals surface area contributed by atoms with Gasteiger partial charge >= 0.3 is 0 Å². The molecule has 0 saturated carbocycles. The molecule has 0 amide bonds. The van der Waals surface area contributed by atoms with Crippen molar-refractivity contribution in [3.05, 3.63) is 60.2 Å². The molecule has 0 spiro atoms. The van der Waals surface area contributed by atoms with Gasteiger partial charge in [-0.05, 0) is 11.6 Å². The van der Waals surface area contributed by atoms with Crippen molar-refractivity contribution in [2.45, 2.75) is 11.0 Å². The van der Waals surface area contributed by atoms with Gasteiger partial charge in [-0.1, -0.05) is 60.2 Å². The first-order valence-electron chi connectivity index (χ1n) is 4.49. The maximum absolute atomic E-state index is 13.8. The molecule has 0 aliphatic heterocycles. The predicted octanol–water partition coefficient (Wildman–Crippen LogP) is 3.80. The Morgan fingerprint density at radius 1 is 1.14 bits per heavy atom. The normalized spacial score (nSPS) is 30.6. The van der Waals surface area contributed by atoms with Gasteiger partial charge in [0.25, 0.3) is 0 Å². The van der Waals surface area contributed by atoms with E-state index in [2.05, 4.69) is 0 Å². The Balaban J connectivity index is 2.36. The summed E-state index contributed by atoms with van der Waals surface area (Å²) >= 11 is 5.77. The van der Waals surface area contributed by atoms with Crippen molar-refractivity contribution in [3.8, 4) is 0 Å². The van der Waals surface area contributed by atoms with Crippen LogP contribution in [0, 0.1) is 0 Å². The van der Waals surface area contributed by atoms with Crippen LogP contribution in [0.3, 0.4) is 0 Å². The van der Waals surface area contributed by atoms with Crippen molar-refractivity contribution >= 4 is 11.6 Å². The van der Waals surface area contributed by atoms with Crippen LogP contribution >= 0.6 is 11.6 Å². The monoisotopic (exact) mass is 208 g/mol. The summed E-state index contributed by atoms with van der Waals surface area (Å²) in [4.78, 5) is 0. The van der Waals surface area contributed by atoms with Gasteiger partial charge in [0.2, 0.25) is 5.13 Å². The van der Waals surface area contributed by atoms with Crippen LogP contribution in [0.4, 0.5) is 4.39 Å². The molecule has 2 atom stereocenters. The molecule has 2 heteroatoms. The highest BCUT2D eigenvalue weighted by Crippen LogP contribution is 2.39. The molecule has 1 aromatic carbocycles. The van der Waals surface area contributed by atoms with Crippen LogP contribution < -0.4 is 0 Å². The van der Waals surface area contributed by atoms with E-state index >= 15 is 0 Å². The molecule has 0 aromatic heterocycles. The van der Waals surface area contributed by atoms with Crippen molar-refractivity contribution in [1.29, 1.82) is 0 Å². The average Bonchev–Trinajstić information content (AvgIpc) is 2.18. The Morgan fingerprint density at radius 2 is 1.86 bits per heavy atom. The number of alkyl halides is 2. The fourth-order valence-electron chi connectivity index (χ4n) is 1.58. The summed E-state index contributed by atoms with van der Waals surface area (Å²) in [5.74, 6) is -0.393. The third-order valence-electron chi connectivity index (χ3n) is 2.31. The minimum atomic E-state index is -1.80. The molecule has 0 heterocycles. The molecule has 0 N–H and O–H groups in total. The van der Waals surface area contributed by atoms with E-state index in [1.807, 2.05) is 36.4 Å². The minimum absolute atomic E-state index is 0.393. The fraction of sp³-hybridized carbons (Fsp3) is 0.167. The van der Waals surface area contributed by atoms with Gasteiger partial charge < -0.3 is 0 Å². The third kappa shape index (κ3) is 1.73. The zero-order valence-corrected chi connectivity index (χ0v) is 8.29. The summed E-state index contributed by atoms with van der Waals surface area (Å²) < 4.78 is 13.8. The molecule has 1 aliphatic carbocycles. The fourth-order valence-corrected chi connectivity index (χ4v) is 1.86. The van der Waals surface area contributed by atoms with Crippen molar-refractivity contribution < 1.29 is 4.39 Å². The number of allylic oxidation sites excluding steroid dienone is 4. The largest absolute Gasteiger partial charge is 0.221 e. The molecule has 2 unspecified atom stereocenters. The van der Waals surface area contributed by atoms with Gasteiger partial charge in [-0.2, -0.15) is 0 Å². The second-order valence-corrected chi connectivity index (χ2v) is 3.89. The number of rotatable bonds is 1. The van der Waals surface area contributed by atoms with E-state index in [0.29, 0.717) is 0 Å². The molecular formula is C12H10ClF. The van der Waals surface area contributed by atoms with Crippen molar-refractivity contribution in [2.24, 2.45) is 0 Å². The quantitative estimate of drug-likeness (QED) is 0.616. The smallest absolute Gasteiger partial charge is 0.212 e. The number of halogens is 2. The molecule has 0 bridgehead atoms. The van der Waals surface area contributed by atoms with Crippen LogP contribution in [0.5, 0.6) is 0 Å². The minimum Gasteiger partial charge on any atom is -0.221 e. The molecule has 72 valence electrons. The van der Waals surface area contributed by atoms with E-state index in [-0.39, 0.29) is 0 Å². The van der Waals surface area contributed by atoms with Gasteiger partial charge in [-0.25, -0.2) is 4.39 Å². The Hall–Kier alpha value is -1.08. The van der Waals surface area contributed by atoms with Gasteiger partial charge in [0.05, 0.1) is 5.92 Å². The van der Waals surface area contributed by atoms with Crippen LogP contribution in [-0.2, 0) is 0 Å². The first-order chi connectivity index (χ1) is 6.70. The van der Waals surface area contributed by atoms with Crippen LogP contribution in [0.2, 0.25) is 0 Å². The van der Waals surface area contributed by atoms with Gasteiger partial charge in [0.1, 0.15) is 0 Å². The Morgan fingerprint density at radius 3 is 2.50 bits per heavy atom. The van der Waals surface area contributed by atoms with E-state index in [1.165, 1.54) is 6.08 Å². The molecule has 0 saturated heterocycles. The highest BCUT2D eigenvalue weighted by Gasteiger charge is 2.34. The Kier molecular flexibility index (Phi) is 2.42. The summed E-state index contributed by atoms with van der Waals surface area (Å²) in [5, 5.41) is -1.80. The highest BCUT2D eigenvalue weighted by atomic mass is 35.5. The zero-order chi connectivity index (χ0) is 10.0. The maximum atomic E-state index is 13.8. The Labute approximate surface area is 87.7 Å². The number of hydrogen-bond acceptors (Lipinski definition) is 0. The molecule has 14 heavy (non-hydrogen) atoms. The zero-order valence-electron chi connectivity index (χ0n) is 7.53. The summed E-state index contributed by atoms with van der Waals surface area (Å²) in [6, 6.07) is 9.43. The lowest BCUT2D eigenvalue weighted by Gasteiger charge is -2.25. The summed E-state index contributed by atoms with van der Waals surface area (Å²) in [6.45, 7) is 0. The summed E-state index contributed by atoms with van der Waals surface area (Å²) in [6.07, 6.45) is 6.61. The van der Waals surface area contributed by atoms with E-state index < -0.39 is 11.0 Å². The van der Waals surface area contributed by atoms with Gasteiger partial charge in [0, 0.05) is 0 Å². The molecule has 1 aromatic rings. The lowest BCUT2D eigenvalue weighted by atomic mass is 9.90. The second-order valence-electron chi connectivity index (χ2n) is 3.31.